The lowest BCUT2D eigenvalue weighted by Gasteiger charge is -2.07. The number of rotatable bonds is 4. The van der Waals surface area contributed by atoms with Crippen molar-refractivity contribution >= 4 is 40.3 Å². The van der Waals surface area contributed by atoms with Gasteiger partial charge in [-0.25, -0.2) is 4.79 Å². The van der Waals surface area contributed by atoms with Crippen molar-refractivity contribution in [1.29, 1.82) is 5.26 Å². The van der Waals surface area contributed by atoms with Gasteiger partial charge < -0.3 is 4.74 Å². The Kier molecular flexibility index (Phi) is 5.65. The lowest BCUT2D eigenvalue weighted by atomic mass is 10.2. The first-order chi connectivity index (χ1) is 10.1. The van der Waals surface area contributed by atoms with Gasteiger partial charge in [0.1, 0.15) is 0 Å². The summed E-state index contributed by atoms with van der Waals surface area (Å²) in [7, 11) is 0. The molecular formula is C16H12INO2S. The zero-order valence-electron chi connectivity index (χ0n) is 11.3. The fraction of sp³-hybridized carbons (Fsp3) is 0.125. The van der Waals surface area contributed by atoms with Crippen LogP contribution in [0.4, 0.5) is 0 Å². The van der Waals surface area contributed by atoms with Gasteiger partial charge in [0.25, 0.3) is 0 Å². The Labute approximate surface area is 141 Å². The molecule has 106 valence electrons. The summed E-state index contributed by atoms with van der Waals surface area (Å²) in [5.41, 5.74) is 1.21. The van der Waals surface area contributed by atoms with Crippen LogP contribution in [0, 0.1) is 14.9 Å². The standard InChI is InChI=1S/C16H12INO2S/c1-2-20-16(19)14-9-13(7-8-15(14)17)21-12-5-3-11(10-18)4-6-12/h3-9H,2H2,1H3. The largest absolute Gasteiger partial charge is 0.462 e. The van der Waals surface area contributed by atoms with Gasteiger partial charge in [-0.1, -0.05) is 11.8 Å². The molecule has 2 rings (SSSR count). The Hall–Kier alpha value is -1.52. The average Bonchev–Trinajstić information content (AvgIpc) is 2.50. The molecule has 0 unspecified atom stereocenters. The second-order valence-electron chi connectivity index (χ2n) is 4.10. The highest BCUT2D eigenvalue weighted by molar-refractivity contribution is 14.1. The summed E-state index contributed by atoms with van der Waals surface area (Å²) in [5, 5.41) is 8.79. The van der Waals surface area contributed by atoms with Crippen molar-refractivity contribution in [3.63, 3.8) is 0 Å². The molecule has 2 aromatic carbocycles. The summed E-state index contributed by atoms with van der Waals surface area (Å²) in [5.74, 6) is -0.302. The van der Waals surface area contributed by atoms with Gasteiger partial charge in [0.15, 0.2) is 0 Å². The molecule has 5 heteroatoms. The van der Waals surface area contributed by atoms with Gasteiger partial charge in [0.05, 0.1) is 23.8 Å². The van der Waals surface area contributed by atoms with Gasteiger partial charge in [-0.05, 0) is 72.0 Å². The summed E-state index contributed by atoms with van der Waals surface area (Å²) in [6, 6.07) is 15.1. The van der Waals surface area contributed by atoms with Crippen LogP contribution in [-0.4, -0.2) is 12.6 Å². The van der Waals surface area contributed by atoms with Crippen molar-refractivity contribution < 1.29 is 9.53 Å². The summed E-state index contributed by atoms with van der Waals surface area (Å²) >= 11 is 3.67. The van der Waals surface area contributed by atoms with E-state index in [4.69, 9.17) is 10.00 Å². The number of carbonyl (C=O) groups is 1. The van der Waals surface area contributed by atoms with E-state index in [9.17, 15) is 4.79 Å². The third kappa shape index (κ3) is 4.22. The number of halogens is 1. The van der Waals surface area contributed by atoms with Crippen LogP contribution in [0.25, 0.3) is 0 Å². The van der Waals surface area contributed by atoms with E-state index < -0.39 is 0 Å². The molecule has 2 aromatic rings. The predicted octanol–water partition coefficient (Wildman–Crippen LogP) is 4.49. The summed E-state index contributed by atoms with van der Waals surface area (Å²) < 4.78 is 5.93. The van der Waals surface area contributed by atoms with E-state index in [-0.39, 0.29) is 5.97 Å². The van der Waals surface area contributed by atoms with Crippen LogP contribution in [-0.2, 0) is 4.74 Å². The summed E-state index contributed by atoms with van der Waals surface area (Å²) in [6.45, 7) is 2.15. The van der Waals surface area contributed by atoms with Crippen molar-refractivity contribution in [2.45, 2.75) is 16.7 Å². The first-order valence-electron chi connectivity index (χ1n) is 6.28. The van der Waals surface area contributed by atoms with Crippen LogP contribution >= 0.6 is 34.4 Å². The molecule has 3 nitrogen and oxygen atoms in total. The van der Waals surface area contributed by atoms with E-state index in [1.807, 2.05) is 30.3 Å². The monoisotopic (exact) mass is 409 g/mol. The number of nitrogens with zero attached hydrogens (tertiary/aromatic N) is 1. The molecule has 0 amide bonds. The molecule has 0 aromatic heterocycles. The Morgan fingerprint density at radius 3 is 2.52 bits per heavy atom. The Morgan fingerprint density at radius 1 is 1.24 bits per heavy atom. The van der Waals surface area contributed by atoms with E-state index in [0.717, 1.165) is 13.4 Å². The third-order valence-corrected chi connectivity index (χ3v) is 4.59. The van der Waals surface area contributed by atoms with Gasteiger partial charge in [0, 0.05) is 13.4 Å². The van der Waals surface area contributed by atoms with Crippen molar-refractivity contribution in [3.8, 4) is 6.07 Å². The number of nitriles is 1. The average molecular weight is 409 g/mol. The maximum atomic E-state index is 11.9. The zero-order valence-corrected chi connectivity index (χ0v) is 14.3. The number of hydrogen-bond acceptors (Lipinski definition) is 4. The SMILES string of the molecule is CCOC(=O)c1cc(Sc2ccc(C#N)cc2)ccc1I. The predicted molar refractivity (Wildman–Crippen MR) is 90.4 cm³/mol. The molecule has 0 saturated heterocycles. The van der Waals surface area contributed by atoms with Crippen LogP contribution in [0.3, 0.4) is 0 Å². The van der Waals surface area contributed by atoms with Crippen LogP contribution in [0.15, 0.2) is 52.3 Å². The fourth-order valence-corrected chi connectivity index (χ4v) is 3.08. The molecule has 0 atom stereocenters. The van der Waals surface area contributed by atoms with Gasteiger partial charge in [-0.15, -0.1) is 0 Å². The normalized spacial score (nSPS) is 9.95. The number of ether oxygens (including phenoxy) is 1. The highest BCUT2D eigenvalue weighted by Gasteiger charge is 2.12. The molecule has 0 fully saturated rings. The number of esters is 1. The van der Waals surface area contributed by atoms with Crippen molar-refractivity contribution in [2.24, 2.45) is 0 Å². The molecule has 0 aliphatic rings. The first-order valence-corrected chi connectivity index (χ1v) is 8.18. The van der Waals surface area contributed by atoms with Gasteiger partial charge >= 0.3 is 5.97 Å². The Morgan fingerprint density at radius 2 is 1.90 bits per heavy atom. The summed E-state index contributed by atoms with van der Waals surface area (Å²) in [4.78, 5) is 13.9. The quantitative estimate of drug-likeness (QED) is 0.552. The van der Waals surface area contributed by atoms with Gasteiger partial charge in [0.2, 0.25) is 0 Å². The topological polar surface area (TPSA) is 50.1 Å². The van der Waals surface area contributed by atoms with Gasteiger partial charge in [-0.2, -0.15) is 5.26 Å². The molecule has 0 aliphatic carbocycles. The molecule has 0 saturated carbocycles. The molecule has 0 heterocycles. The van der Waals surface area contributed by atoms with Crippen LogP contribution in [0.1, 0.15) is 22.8 Å². The van der Waals surface area contributed by atoms with E-state index in [1.165, 1.54) is 0 Å². The van der Waals surface area contributed by atoms with Crippen LogP contribution < -0.4 is 0 Å². The second-order valence-corrected chi connectivity index (χ2v) is 6.41. The fourth-order valence-electron chi connectivity index (χ4n) is 1.67. The van der Waals surface area contributed by atoms with E-state index in [0.29, 0.717) is 17.7 Å². The maximum Gasteiger partial charge on any atom is 0.339 e. The molecule has 21 heavy (non-hydrogen) atoms. The molecular weight excluding hydrogens is 397 g/mol. The number of carbonyl (C=O) groups excluding carboxylic acids is 1. The lowest BCUT2D eigenvalue weighted by molar-refractivity contribution is 0.0525. The molecule has 0 spiro atoms. The smallest absolute Gasteiger partial charge is 0.339 e. The van der Waals surface area contributed by atoms with Crippen molar-refractivity contribution in [2.75, 3.05) is 6.61 Å². The molecule has 0 bridgehead atoms. The number of hydrogen-bond donors (Lipinski definition) is 0. The Balaban J connectivity index is 2.22. The molecule has 0 aliphatic heterocycles. The van der Waals surface area contributed by atoms with E-state index in [1.54, 1.807) is 30.8 Å². The molecule has 0 N–H and O–H groups in total. The van der Waals surface area contributed by atoms with Crippen molar-refractivity contribution in [3.05, 3.63) is 57.2 Å². The van der Waals surface area contributed by atoms with Crippen LogP contribution in [0.2, 0.25) is 0 Å². The van der Waals surface area contributed by atoms with Crippen LogP contribution in [0.5, 0.6) is 0 Å². The number of benzene rings is 2. The van der Waals surface area contributed by atoms with Gasteiger partial charge in [-0.3, -0.25) is 0 Å². The van der Waals surface area contributed by atoms with E-state index >= 15 is 0 Å². The minimum absolute atomic E-state index is 0.302. The first kappa shape index (κ1) is 15.9. The maximum absolute atomic E-state index is 11.9. The minimum Gasteiger partial charge on any atom is -0.462 e. The van der Waals surface area contributed by atoms with Crippen molar-refractivity contribution in [1.82, 2.24) is 0 Å². The highest BCUT2D eigenvalue weighted by atomic mass is 127. The van der Waals surface area contributed by atoms with E-state index in [2.05, 4.69) is 28.7 Å². The Bertz CT molecular complexity index is 692. The highest BCUT2D eigenvalue weighted by Crippen LogP contribution is 2.30. The second kappa shape index (κ2) is 7.48. The minimum atomic E-state index is -0.302. The summed E-state index contributed by atoms with van der Waals surface area (Å²) in [6.07, 6.45) is 0. The zero-order chi connectivity index (χ0) is 15.2. The lowest BCUT2D eigenvalue weighted by Crippen LogP contribution is -2.06. The molecule has 0 radical (unpaired) electrons. The third-order valence-electron chi connectivity index (χ3n) is 2.65.